The van der Waals surface area contributed by atoms with Gasteiger partial charge in [0.2, 0.25) is 0 Å². The minimum absolute atomic E-state index is 0.114. The molecule has 0 heterocycles. The third-order valence-electron chi connectivity index (χ3n) is 1.52. The monoisotopic (exact) mass is 202 g/mol. The molecule has 7 nitrogen and oxygen atoms in total. The van der Waals surface area contributed by atoms with E-state index in [1.807, 2.05) is 0 Å². The second-order valence-electron chi connectivity index (χ2n) is 2.68. The summed E-state index contributed by atoms with van der Waals surface area (Å²) in [5, 5.41) is 17.7. The minimum atomic E-state index is -0.740. The van der Waals surface area contributed by atoms with Gasteiger partial charge in [0.25, 0.3) is 0 Å². The second-order valence-corrected chi connectivity index (χ2v) is 2.68. The zero-order valence-corrected chi connectivity index (χ0v) is 7.82. The highest BCUT2D eigenvalue weighted by molar-refractivity contribution is 6.20. The molecule has 7 N–H and O–H groups in total. The third-order valence-corrected chi connectivity index (χ3v) is 1.52. The molecule has 0 radical (unpaired) electrons. The Bertz CT molecular complexity index is 202. The summed E-state index contributed by atoms with van der Waals surface area (Å²) in [6.07, 6.45) is 1.01. The van der Waals surface area contributed by atoms with Gasteiger partial charge in [-0.1, -0.05) is 0 Å². The van der Waals surface area contributed by atoms with Crippen LogP contribution < -0.4 is 16.8 Å². The van der Waals surface area contributed by atoms with Gasteiger partial charge in [0.1, 0.15) is 6.04 Å². The Morgan fingerprint density at radius 2 is 2.36 bits per heavy atom. The van der Waals surface area contributed by atoms with Crippen LogP contribution in [0.25, 0.3) is 0 Å². The van der Waals surface area contributed by atoms with Crippen LogP contribution in [0.1, 0.15) is 12.8 Å². The van der Waals surface area contributed by atoms with Gasteiger partial charge >= 0.3 is 13.7 Å². The predicted octanol–water partition coefficient (Wildman–Crippen LogP) is -2.62. The van der Waals surface area contributed by atoms with E-state index in [-0.39, 0.29) is 5.96 Å². The number of nitrogens with one attached hydrogen (secondary N) is 2. The maximum absolute atomic E-state index is 10.9. The molecule has 0 bridgehead atoms. The van der Waals surface area contributed by atoms with Crippen molar-refractivity contribution >= 4 is 19.6 Å². The number of guanidine groups is 1. The summed E-state index contributed by atoms with van der Waals surface area (Å²) in [4.78, 5) is 10.9. The van der Waals surface area contributed by atoms with Crippen LogP contribution in [0.15, 0.2) is 0 Å². The predicted molar refractivity (Wildman–Crippen MR) is 52.6 cm³/mol. The number of hydrogen-bond acceptors (Lipinski definition) is 5. The summed E-state index contributed by atoms with van der Waals surface area (Å²) in [5.41, 5.74) is 10.5. The van der Waals surface area contributed by atoms with Crippen molar-refractivity contribution < 1.29 is 14.5 Å². The van der Waals surface area contributed by atoms with E-state index in [1.165, 1.54) is 0 Å². The lowest BCUT2D eigenvalue weighted by molar-refractivity contribution is -0.136. The van der Waals surface area contributed by atoms with Crippen LogP contribution in [0.3, 0.4) is 0 Å². The number of rotatable bonds is 6. The highest BCUT2D eigenvalue weighted by Gasteiger charge is 2.13. The molecule has 0 aromatic carbocycles. The summed E-state index contributed by atoms with van der Waals surface area (Å²) in [5.74, 6) is -0.744. The number of nitrogens with two attached hydrogens (primary N) is 2. The van der Waals surface area contributed by atoms with Crippen molar-refractivity contribution in [2.75, 3.05) is 6.54 Å². The van der Waals surface area contributed by atoms with E-state index in [2.05, 4.69) is 9.97 Å². The van der Waals surface area contributed by atoms with Gasteiger partial charge < -0.3 is 26.5 Å². The largest absolute Gasteiger partial charge is 0.511 e. The molecule has 0 aliphatic rings. The van der Waals surface area contributed by atoms with Gasteiger partial charge in [0.05, 0.1) is 0 Å². The normalized spacial score (nSPS) is 11.6. The molecule has 0 fully saturated rings. The summed E-state index contributed by atoms with van der Waals surface area (Å²) < 4.78 is 4.29. The first-order valence-corrected chi connectivity index (χ1v) is 4.19. The van der Waals surface area contributed by atoms with Crippen molar-refractivity contribution in [3.8, 4) is 0 Å². The van der Waals surface area contributed by atoms with Gasteiger partial charge in [0, 0.05) is 6.54 Å². The number of hydrogen-bond donors (Lipinski definition) is 5. The molecule has 8 heteroatoms. The van der Waals surface area contributed by atoms with E-state index >= 15 is 0 Å². The molecule has 0 aromatic heterocycles. The SMILES string of the molecule is N=C(N)NCCC[C@H](N)C(=O)OBO. The lowest BCUT2D eigenvalue weighted by Gasteiger charge is -2.10. The molecule has 0 aliphatic heterocycles. The maximum Gasteiger partial charge on any atom is 0.506 e. The molecule has 0 rings (SSSR count). The molecule has 0 spiro atoms. The van der Waals surface area contributed by atoms with E-state index in [0.29, 0.717) is 19.4 Å². The van der Waals surface area contributed by atoms with E-state index in [0.717, 1.165) is 0 Å². The Hall–Kier alpha value is -1.28. The Kier molecular flexibility index (Phi) is 6.51. The first-order chi connectivity index (χ1) is 6.57. The highest BCUT2D eigenvalue weighted by Crippen LogP contribution is 1.95. The molecule has 80 valence electrons. The molecule has 0 amide bonds. The van der Waals surface area contributed by atoms with Crippen LogP contribution in [0.4, 0.5) is 0 Å². The van der Waals surface area contributed by atoms with Crippen LogP contribution in [0.2, 0.25) is 0 Å². The fourth-order valence-electron chi connectivity index (χ4n) is 0.834. The zero-order valence-electron chi connectivity index (χ0n) is 7.82. The van der Waals surface area contributed by atoms with Crippen LogP contribution in [-0.2, 0) is 9.45 Å². The maximum atomic E-state index is 10.9. The summed E-state index contributed by atoms with van der Waals surface area (Å²) in [6, 6.07) is -0.740. The highest BCUT2D eigenvalue weighted by atomic mass is 16.6. The number of carbonyl (C=O) groups excluding carboxylic acids is 1. The Labute approximate surface area is 82.6 Å². The van der Waals surface area contributed by atoms with E-state index in [9.17, 15) is 4.79 Å². The van der Waals surface area contributed by atoms with Crippen LogP contribution in [0.5, 0.6) is 0 Å². The second kappa shape index (κ2) is 7.16. The molecule has 0 saturated carbocycles. The van der Waals surface area contributed by atoms with Crippen molar-refractivity contribution in [3.05, 3.63) is 0 Å². The average molecular weight is 202 g/mol. The van der Waals surface area contributed by atoms with Gasteiger partial charge in [-0.3, -0.25) is 10.2 Å². The molecule has 14 heavy (non-hydrogen) atoms. The van der Waals surface area contributed by atoms with Gasteiger partial charge in [-0.15, -0.1) is 0 Å². The van der Waals surface area contributed by atoms with Gasteiger partial charge in [-0.2, -0.15) is 0 Å². The smallest absolute Gasteiger partial charge is 0.506 e. The van der Waals surface area contributed by atoms with Crippen LogP contribution >= 0.6 is 0 Å². The van der Waals surface area contributed by atoms with Gasteiger partial charge in [0.15, 0.2) is 5.96 Å². The van der Waals surface area contributed by atoms with E-state index < -0.39 is 19.7 Å². The third kappa shape index (κ3) is 6.26. The van der Waals surface area contributed by atoms with Gasteiger partial charge in [-0.05, 0) is 12.8 Å². The fourth-order valence-corrected chi connectivity index (χ4v) is 0.834. The summed E-state index contributed by atoms with van der Waals surface area (Å²) in [6.45, 7) is 0.482. The van der Waals surface area contributed by atoms with Crippen molar-refractivity contribution in [1.29, 1.82) is 5.41 Å². The fraction of sp³-hybridized carbons (Fsp3) is 0.667. The summed E-state index contributed by atoms with van der Waals surface area (Å²) >= 11 is 0. The molecular weight excluding hydrogens is 187 g/mol. The van der Waals surface area contributed by atoms with Crippen molar-refractivity contribution in [1.82, 2.24) is 5.32 Å². The topological polar surface area (TPSA) is 134 Å². The Balaban J connectivity index is 3.48. The zero-order chi connectivity index (χ0) is 11.0. The average Bonchev–Trinajstić information content (AvgIpc) is 2.12. The first kappa shape index (κ1) is 12.7. The minimum Gasteiger partial charge on any atom is -0.511 e. The van der Waals surface area contributed by atoms with Crippen molar-refractivity contribution in [3.63, 3.8) is 0 Å². The summed E-state index contributed by atoms with van der Waals surface area (Å²) in [7, 11) is -0.655. The van der Waals surface area contributed by atoms with Crippen molar-refractivity contribution in [2.45, 2.75) is 18.9 Å². The van der Waals surface area contributed by atoms with Crippen LogP contribution in [0, 0.1) is 5.41 Å². The molecular formula is C6H15BN4O3. The standard InChI is InChI=1S/C6H15BN4O3/c8-4(5(12)14-7-13)2-1-3-11-6(9)10/h4,7,13H,1-3,8H2,(H4,9,10,11)/t4-/m0/s1. The molecule has 0 aliphatic carbocycles. The molecule has 0 aromatic rings. The van der Waals surface area contributed by atoms with Gasteiger partial charge in [-0.25, -0.2) is 0 Å². The first-order valence-electron chi connectivity index (χ1n) is 4.19. The number of carbonyl (C=O) groups is 1. The quantitative estimate of drug-likeness (QED) is 0.138. The molecule has 1 atom stereocenters. The Morgan fingerprint density at radius 3 is 2.86 bits per heavy atom. The lowest BCUT2D eigenvalue weighted by atomic mass is 10.1. The lowest BCUT2D eigenvalue weighted by Crippen LogP contribution is -2.35. The molecule has 0 saturated heterocycles. The van der Waals surface area contributed by atoms with Crippen molar-refractivity contribution in [2.24, 2.45) is 11.5 Å². The molecule has 0 unspecified atom stereocenters. The van der Waals surface area contributed by atoms with E-state index in [4.69, 9.17) is 21.9 Å². The van der Waals surface area contributed by atoms with Crippen LogP contribution in [-0.4, -0.2) is 37.2 Å². The van der Waals surface area contributed by atoms with E-state index in [1.54, 1.807) is 0 Å². The Morgan fingerprint density at radius 1 is 1.71 bits per heavy atom.